The summed E-state index contributed by atoms with van der Waals surface area (Å²) < 4.78 is 6.73. The summed E-state index contributed by atoms with van der Waals surface area (Å²) >= 11 is 3.53. The van der Waals surface area contributed by atoms with Crippen LogP contribution >= 0.6 is 39.9 Å². The minimum Gasteiger partial charge on any atom is -0.381 e. The Kier molecular flexibility index (Phi) is 9.67. The number of halogens is 2. The number of nitrogens with one attached hydrogen (secondary N) is 2. The van der Waals surface area contributed by atoms with Crippen molar-refractivity contribution < 1.29 is 4.74 Å². The molecule has 1 fully saturated rings. The number of nitrogens with zero attached hydrogens (tertiary/aromatic N) is 2. The summed E-state index contributed by atoms with van der Waals surface area (Å²) in [6.07, 6.45) is 4.71. The first-order chi connectivity index (χ1) is 13.2. The number of hydrogen-bond donors (Lipinski definition) is 2. The Labute approximate surface area is 192 Å². The van der Waals surface area contributed by atoms with Gasteiger partial charge in [-0.15, -0.1) is 24.0 Å². The number of aromatic nitrogens is 1. The SMILES string of the molecule is CN=C(NCCc1ccccn1)NCC1(c2ccc(Br)cc2)CCOCC1.I. The molecule has 1 aliphatic heterocycles. The van der Waals surface area contributed by atoms with Crippen molar-refractivity contribution in [2.75, 3.05) is 33.4 Å². The van der Waals surface area contributed by atoms with Crippen LogP contribution in [0.4, 0.5) is 0 Å². The largest absolute Gasteiger partial charge is 0.381 e. The summed E-state index contributed by atoms with van der Waals surface area (Å²) in [5.74, 6) is 0.828. The first kappa shape index (κ1) is 23.1. The van der Waals surface area contributed by atoms with Gasteiger partial charge in [0.1, 0.15) is 0 Å². The second-order valence-corrected chi connectivity index (χ2v) is 7.74. The number of pyridine rings is 1. The zero-order valence-electron chi connectivity index (χ0n) is 16.2. The molecule has 2 heterocycles. The van der Waals surface area contributed by atoms with Gasteiger partial charge in [-0.2, -0.15) is 0 Å². The van der Waals surface area contributed by atoms with E-state index in [0.29, 0.717) is 0 Å². The van der Waals surface area contributed by atoms with Crippen LogP contribution in [0.5, 0.6) is 0 Å². The van der Waals surface area contributed by atoms with E-state index >= 15 is 0 Å². The molecule has 3 rings (SSSR count). The monoisotopic (exact) mass is 558 g/mol. The highest BCUT2D eigenvalue weighted by Crippen LogP contribution is 2.34. The molecule has 1 aromatic carbocycles. The fraction of sp³-hybridized carbons (Fsp3) is 0.429. The third-order valence-electron chi connectivity index (χ3n) is 5.12. The van der Waals surface area contributed by atoms with Crippen molar-refractivity contribution in [3.63, 3.8) is 0 Å². The Morgan fingerprint density at radius 1 is 1.14 bits per heavy atom. The Morgan fingerprint density at radius 2 is 1.89 bits per heavy atom. The van der Waals surface area contributed by atoms with Crippen molar-refractivity contribution in [1.29, 1.82) is 0 Å². The van der Waals surface area contributed by atoms with Crippen LogP contribution in [0.2, 0.25) is 0 Å². The summed E-state index contributed by atoms with van der Waals surface area (Å²) in [4.78, 5) is 8.74. The van der Waals surface area contributed by atoms with E-state index in [1.54, 1.807) is 0 Å². The van der Waals surface area contributed by atoms with Crippen molar-refractivity contribution in [3.8, 4) is 0 Å². The van der Waals surface area contributed by atoms with Gasteiger partial charge >= 0.3 is 0 Å². The summed E-state index contributed by atoms with van der Waals surface area (Å²) in [6, 6.07) is 14.7. The summed E-state index contributed by atoms with van der Waals surface area (Å²) in [6.45, 7) is 3.22. The molecule has 0 spiro atoms. The third kappa shape index (κ3) is 6.42. The minimum absolute atomic E-state index is 0. The van der Waals surface area contributed by atoms with Crippen molar-refractivity contribution in [3.05, 3.63) is 64.4 Å². The first-order valence-corrected chi connectivity index (χ1v) is 10.2. The number of hydrogen-bond acceptors (Lipinski definition) is 3. The number of aliphatic imine (C=N–C) groups is 1. The van der Waals surface area contributed by atoms with Gasteiger partial charge in [-0.25, -0.2) is 0 Å². The molecule has 0 bridgehead atoms. The molecule has 0 unspecified atom stereocenters. The minimum atomic E-state index is 0. The molecule has 28 heavy (non-hydrogen) atoms. The standard InChI is InChI=1S/C21H27BrN4O.HI/c1-23-20(25-13-9-19-4-2-3-12-24-19)26-16-21(10-14-27-15-11-21)17-5-7-18(22)8-6-17;/h2-8,12H,9-11,13-16H2,1H3,(H2,23,25,26);1H. The fourth-order valence-corrected chi connectivity index (χ4v) is 3.73. The van der Waals surface area contributed by atoms with Gasteiger partial charge in [0.25, 0.3) is 0 Å². The Morgan fingerprint density at radius 3 is 2.54 bits per heavy atom. The number of ether oxygens (including phenoxy) is 1. The number of rotatable bonds is 6. The molecule has 1 aliphatic rings. The first-order valence-electron chi connectivity index (χ1n) is 9.40. The molecule has 2 aromatic rings. The van der Waals surface area contributed by atoms with Crippen molar-refractivity contribution >= 4 is 45.9 Å². The van der Waals surface area contributed by atoms with Crippen LogP contribution in [0.1, 0.15) is 24.1 Å². The predicted molar refractivity (Wildman–Crippen MR) is 129 cm³/mol. The molecule has 0 amide bonds. The van der Waals surface area contributed by atoms with Crippen LogP contribution < -0.4 is 10.6 Å². The van der Waals surface area contributed by atoms with Crippen LogP contribution in [-0.4, -0.2) is 44.3 Å². The molecule has 0 saturated carbocycles. The second kappa shape index (κ2) is 11.7. The maximum Gasteiger partial charge on any atom is 0.191 e. The van der Waals surface area contributed by atoms with Gasteiger partial charge in [0.15, 0.2) is 5.96 Å². The lowest BCUT2D eigenvalue weighted by Gasteiger charge is -2.38. The van der Waals surface area contributed by atoms with Gasteiger partial charge in [-0.1, -0.05) is 34.1 Å². The van der Waals surface area contributed by atoms with Crippen molar-refractivity contribution in [2.24, 2.45) is 4.99 Å². The van der Waals surface area contributed by atoms with Crippen LogP contribution in [0.3, 0.4) is 0 Å². The van der Waals surface area contributed by atoms with E-state index in [4.69, 9.17) is 4.74 Å². The molecule has 7 heteroatoms. The molecule has 1 aromatic heterocycles. The van der Waals surface area contributed by atoms with Gasteiger partial charge in [-0.3, -0.25) is 9.98 Å². The molecular weight excluding hydrogens is 531 g/mol. The highest BCUT2D eigenvalue weighted by atomic mass is 127. The van der Waals surface area contributed by atoms with Gasteiger partial charge in [0.05, 0.1) is 0 Å². The lowest BCUT2D eigenvalue weighted by atomic mass is 9.74. The molecule has 0 radical (unpaired) electrons. The third-order valence-corrected chi connectivity index (χ3v) is 5.65. The van der Waals surface area contributed by atoms with Gasteiger partial charge in [-0.05, 0) is 42.7 Å². The zero-order valence-corrected chi connectivity index (χ0v) is 20.1. The smallest absolute Gasteiger partial charge is 0.191 e. The van der Waals surface area contributed by atoms with Crippen LogP contribution in [0, 0.1) is 0 Å². The highest BCUT2D eigenvalue weighted by molar-refractivity contribution is 14.0. The maximum atomic E-state index is 5.63. The quantitative estimate of drug-likeness (QED) is 0.320. The molecule has 1 saturated heterocycles. The zero-order chi connectivity index (χ0) is 19.0. The molecule has 5 nitrogen and oxygen atoms in total. The van der Waals surface area contributed by atoms with Gasteiger partial charge in [0, 0.05) is 61.6 Å². The second-order valence-electron chi connectivity index (χ2n) is 6.82. The number of benzene rings is 1. The van der Waals surface area contributed by atoms with E-state index in [1.807, 2.05) is 31.4 Å². The van der Waals surface area contributed by atoms with Crippen molar-refractivity contribution in [2.45, 2.75) is 24.7 Å². The van der Waals surface area contributed by atoms with Crippen molar-refractivity contribution in [1.82, 2.24) is 15.6 Å². The Balaban J connectivity index is 0.00000280. The van der Waals surface area contributed by atoms with Gasteiger partial charge < -0.3 is 15.4 Å². The normalized spacial score (nSPS) is 16.1. The van der Waals surface area contributed by atoms with E-state index in [2.05, 4.69) is 60.8 Å². The average Bonchev–Trinajstić information content (AvgIpc) is 2.72. The van der Waals surface area contributed by atoms with Crippen LogP contribution in [-0.2, 0) is 16.6 Å². The summed E-state index contributed by atoms with van der Waals surface area (Å²) in [5, 5.41) is 6.93. The molecule has 152 valence electrons. The summed E-state index contributed by atoms with van der Waals surface area (Å²) in [7, 11) is 1.81. The predicted octanol–water partition coefficient (Wildman–Crippen LogP) is 3.92. The lowest BCUT2D eigenvalue weighted by Crippen LogP contribution is -2.48. The van der Waals surface area contributed by atoms with E-state index in [0.717, 1.165) is 61.7 Å². The highest BCUT2D eigenvalue weighted by Gasteiger charge is 2.34. The van der Waals surface area contributed by atoms with Crippen LogP contribution in [0.15, 0.2) is 58.1 Å². The Hall–Kier alpha value is -1.19. The topological polar surface area (TPSA) is 58.5 Å². The van der Waals surface area contributed by atoms with E-state index in [1.165, 1.54) is 5.56 Å². The molecule has 0 atom stereocenters. The molecule has 2 N–H and O–H groups in total. The lowest BCUT2D eigenvalue weighted by molar-refractivity contribution is 0.0514. The Bertz CT molecular complexity index is 734. The number of guanidine groups is 1. The molecular formula is C21H28BrIN4O. The maximum absolute atomic E-state index is 5.63. The summed E-state index contributed by atoms with van der Waals surface area (Å²) in [5.41, 5.74) is 2.50. The van der Waals surface area contributed by atoms with E-state index in [-0.39, 0.29) is 29.4 Å². The van der Waals surface area contributed by atoms with Crippen LogP contribution in [0.25, 0.3) is 0 Å². The van der Waals surface area contributed by atoms with Gasteiger partial charge in [0.2, 0.25) is 0 Å². The fourth-order valence-electron chi connectivity index (χ4n) is 3.46. The average molecular weight is 559 g/mol. The van der Waals surface area contributed by atoms with E-state index in [9.17, 15) is 0 Å². The molecule has 0 aliphatic carbocycles. The van der Waals surface area contributed by atoms with E-state index < -0.39 is 0 Å².